The summed E-state index contributed by atoms with van der Waals surface area (Å²) in [5, 5.41) is 11.5. The third-order valence-electron chi connectivity index (χ3n) is 2.53. The number of aromatic nitrogens is 1. The second-order valence-corrected chi connectivity index (χ2v) is 4.19. The molecule has 1 aromatic heterocycles. The fourth-order valence-corrected chi connectivity index (χ4v) is 1.53. The van der Waals surface area contributed by atoms with Crippen molar-refractivity contribution in [2.24, 2.45) is 0 Å². The second kappa shape index (κ2) is 9.96. The molecule has 0 saturated heterocycles. The van der Waals surface area contributed by atoms with Gasteiger partial charge in [-0.1, -0.05) is 11.8 Å². The highest BCUT2D eigenvalue weighted by molar-refractivity contribution is 5.94. The Morgan fingerprint density at radius 2 is 2.30 bits per heavy atom. The number of methoxy groups -OCH3 is 1. The van der Waals surface area contributed by atoms with Crippen molar-refractivity contribution in [3.63, 3.8) is 0 Å². The van der Waals surface area contributed by atoms with E-state index >= 15 is 0 Å². The van der Waals surface area contributed by atoms with E-state index in [4.69, 9.17) is 9.84 Å². The molecule has 1 aromatic rings. The molecule has 0 aromatic carbocycles. The summed E-state index contributed by atoms with van der Waals surface area (Å²) in [6, 6.07) is 1.70. The predicted molar refractivity (Wildman–Crippen MR) is 76.3 cm³/mol. The molecule has 20 heavy (non-hydrogen) atoms. The van der Waals surface area contributed by atoms with E-state index in [2.05, 4.69) is 22.1 Å². The van der Waals surface area contributed by atoms with Crippen molar-refractivity contribution in [1.82, 2.24) is 10.3 Å². The van der Waals surface area contributed by atoms with Crippen LogP contribution >= 0.6 is 0 Å². The van der Waals surface area contributed by atoms with Gasteiger partial charge in [-0.3, -0.25) is 9.78 Å². The van der Waals surface area contributed by atoms with Crippen LogP contribution in [0.25, 0.3) is 0 Å². The molecule has 0 aliphatic rings. The molecule has 0 bridgehead atoms. The lowest BCUT2D eigenvalue weighted by Crippen LogP contribution is -2.24. The molecular weight excluding hydrogens is 256 g/mol. The van der Waals surface area contributed by atoms with Crippen molar-refractivity contribution in [3.8, 4) is 11.8 Å². The number of amides is 1. The van der Waals surface area contributed by atoms with Crippen molar-refractivity contribution < 1.29 is 14.6 Å². The van der Waals surface area contributed by atoms with Crippen molar-refractivity contribution in [1.29, 1.82) is 0 Å². The van der Waals surface area contributed by atoms with E-state index < -0.39 is 0 Å². The van der Waals surface area contributed by atoms with Gasteiger partial charge < -0.3 is 15.2 Å². The molecular formula is C15H20N2O3. The standard InChI is InChI=1S/C15H20N2O3/c1-20-9-5-3-7-17-15(19)14-10-13(11-16-12-14)6-2-4-8-18/h10-12,18H,3-5,7-9H2,1H3,(H,17,19). The number of unbranched alkanes of at least 4 members (excludes halogenated alkanes) is 1. The van der Waals surface area contributed by atoms with Crippen LogP contribution in [0.15, 0.2) is 18.5 Å². The van der Waals surface area contributed by atoms with Gasteiger partial charge in [-0.2, -0.15) is 0 Å². The Hall–Kier alpha value is -1.90. The highest BCUT2D eigenvalue weighted by atomic mass is 16.5. The predicted octanol–water partition coefficient (Wildman–Crippen LogP) is 0.972. The fourth-order valence-electron chi connectivity index (χ4n) is 1.53. The number of pyridine rings is 1. The summed E-state index contributed by atoms with van der Waals surface area (Å²) in [5.74, 6) is 5.50. The number of carbonyl (C=O) groups is 1. The summed E-state index contributed by atoms with van der Waals surface area (Å²) in [7, 11) is 1.66. The summed E-state index contributed by atoms with van der Waals surface area (Å²) >= 11 is 0. The molecule has 5 nitrogen and oxygen atoms in total. The first-order chi connectivity index (χ1) is 9.77. The largest absolute Gasteiger partial charge is 0.395 e. The van der Waals surface area contributed by atoms with Gasteiger partial charge in [0, 0.05) is 44.6 Å². The average Bonchev–Trinajstić information content (AvgIpc) is 2.47. The Bertz CT molecular complexity index is 477. The van der Waals surface area contributed by atoms with Crippen LogP contribution in [0.2, 0.25) is 0 Å². The molecule has 0 fully saturated rings. The molecule has 0 radical (unpaired) electrons. The van der Waals surface area contributed by atoms with Crippen LogP contribution in [0.1, 0.15) is 35.2 Å². The number of rotatable bonds is 7. The Kier molecular flexibility index (Phi) is 8.04. The molecule has 108 valence electrons. The van der Waals surface area contributed by atoms with E-state index in [-0.39, 0.29) is 12.5 Å². The lowest BCUT2D eigenvalue weighted by atomic mass is 10.2. The zero-order chi connectivity index (χ0) is 14.6. The van der Waals surface area contributed by atoms with Crippen molar-refractivity contribution in [3.05, 3.63) is 29.6 Å². The number of aliphatic hydroxyl groups excluding tert-OH is 1. The Labute approximate surface area is 119 Å². The highest BCUT2D eigenvalue weighted by Crippen LogP contribution is 2.02. The maximum atomic E-state index is 11.9. The van der Waals surface area contributed by atoms with Gasteiger partial charge in [0.25, 0.3) is 5.91 Å². The van der Waals surface area contributed by atoms with Gasteiger partial charge in [0.2, 0.25) is 0 Å². The van der Waals surface area contributed by atoms with Gasteiger partial charge in [0.1, 0.15) is 0 Å². The van der Waals surface area contributed by atoms with Gasteiger partial charge >= 0.3 is 0 Å². The van der Waals surface area contributed by atoms with Gasteiger partial charge in [-0.05, 0) is 18.9 Å². The first kappa shape index (κ1) is 16.2. The minimum absolute atomic E-state index is 0.0298. The minimum atomic E-state index is -0.152. The normalized spacial score (nSPS) is 9.70. The first-order valence-corrected chi connectivity index (χ1v) is 6.60. The lowest BCUT2D eigenvalue weighted by Gasteiger charge is -2.05. The third kappa shape index (κ3) is 6.32. The van der Waals surface area contributed by atoms with E-state index in [1.165, 1.54) is 6.20 Å². The molecule has 1 amide bonds. The fraction of sp³-hybridized carbons (Fsp3) is 0.467. The summed E-state index contributed by atoms with van der Waals surface area (Å²) < 4.78 is 4.94. The zero-order valence-corrected chi connectivity index (χ0v) is 11.7. The monoisotopic (exact) mass is 276 g/mol. The van der Waals surface area contributed by atoms with E-state index in [0.29, 0.717) is 30.7 Å². The number of ether oxygens (including phenoxy) is 1. The quantitative estimate of drug-likeness (QED) is 0.575. The third-order valence-corrected chi connectivity index (χ3v) is 2.53. The van der Waals surface area contributed by atoms with E-state index in [1.807, 2.05) is 0 Å². The van der Waals surface area contributed by atoms with E-state index in [1.54, 1.807) is 19.4 Å². The number of nitrogens with one attached hydrogen (secondary N) is 1. The van der Waals surface area contributed by atoms with Crippen LogP contribution in [-0.4, -0.2) is 42.9 Å². The highest BCUT2D eigenvalue weighted by Gasteiger charge is 2.05. The van der Waals surface area contributed by atoms with Crippen molar-refractivity contribution in [2.75, 3.05) is 26.9 Å². The van der Waals surface area contributed by atoms with E-state index in [0.717, 1.165) is 12.8 Å². The van der Waals surface area contributed by atoms with Gasteiger partial charge in [0.05, 0.1) is 12.2 Å². The Balaban J connectivity index is 2.48. The first-order valence-electron chi connectivity index (χ1n) is 6.60. The summed E-state index contributed by atoms with van der Waals surface area (Å²) in [5.41, 5.74) is 1.16. The van der Waals surface area contributed by atoms with Gasteiger partial charge in [-0.25, -0.2) is 0 Å². The summed E-state index contributed by atoms with van der Waals surface area (Å²) in [6.07, 6.45) is 5.32. The molecule has 1 heterocycles. The van der Waals surface area contributed by atoms with Gasteiger partial charge in [0.15, 0.2) is 0 Å². The maximum absolute atomic E-state index is 11.9. The Morgan fingerprint density at radius 3 is 3.05 bits per heavy atom. The number of hydrogen-bond donors (Lipinski definition) is 2. The SMILES string of the molecule is COCCCCNC(=O)c1cncc(C#CCCO)c1. The lowest BCUT2D eigenvalue weighted by molar-refractivity contribution is 0.0951. The van der Waals surface area contributed by atoms with Crippen LogP contribution in [0.4, 0.5) is 0 Å². The molecule has 2 N–H and O–H groups in total. The molecule has 0 aliphatic heterocycles. The molecule has 5 heteroatoms. The number of nitrogens with zero attached hydrogens (tertiary/aromatic N) is 1. The zero-order valence-electron chi connectivity index (χ0n) is 11.7. The molecule has 0 aliphatic carbocycles. The number of carbonyl (C=O) groups excluding carboxylic acids is 1. The van der Waals surface area contributed by atoms with Crippen LogP contribution in [-0.2, 0) is 4.74 Å². The smallest absolute Gasteiger partial charge is 0.252 e. The average molecular weight is 276 g/mol. The molecule has 0 spiro atoms. The van der Waals surface area contributed by atoms with Crippen LogP contribution < -0.4 is 5.32 Å². The maximum Gasteiger partial charge on any atom is 0.252 e. The van der Waals surface area contributed by atoms with Gasteiger partial charge in [-0.15, -0.1) is 0 Å². The van der Waals surface area contributed by atoms with Crippen LogP contribution in [0, 0.1) is 11.8 Å². The summed E-state index contributed by atoms with van der Waals surface area (Å²) in [6.45, 7) is 1.35. The Morgan fingerprint density at radius 1 is 1.45 bits per heavy atom. The van der Waals surface area contributed by atoms with Crippen molar-refractivity contribution >= 4 is 5.91 Å². The molecule has 0 saturated carbocycles. The molecule has 0 unspecified atom stereocenters. The topological polar surface area (TPSA) is 71.5 Å². The van der Waals surface area contributed by atoms with Crippen LogP contribution in [0.3, 0.4) is 0 Å². The van der Waals surface area contributed by atoms with E-state index in [9.17, 15) is 4.79 Å². The minimum Gasteiger partial charge on any atom is -0.395 e. The van der Waals surface area contributed by atoms with Crippen molar-refractivity contribution in [2.45, 2.75) is 19.3 Å². The number of aliphatic hydroxyl groups is 1. The second-order valence-electron chi connectivity index (χ2n) is 4.19. The molecule has 1 rings (SSSR count). The molecule has 0 atom stereocenters. The van der Waals surface area contributed by atoms with Crippen LogP contribution in [0.5, 0.6) is 0 Å². The number of hydrogen-bond acceptors (Lipinski definition) is 4. The summed E-state index contributed by atoms with van der Waals surface area (Å²) in [4.78, 5) is 15.9.